The number of carbonyl (C=O) groups excluding carboxylic acids is 1. The molecule has 0 spiro atoms. The number of hydrogen-bond acceptors (Lipinski definition) is 3. The Morgan fingerprint density at radius 2 is 1.86 bits per heavy atom. The van der Waals surface area contributed by atoms with Gasteiger partial charge in [0.2, 0.25) is 5.91 Å². The van der Waals surface area contributed by atoms with Gasteiger partial charge in [-0.3, -0.25) is 9.59 Å². The highest BCUT2D eigenvalue weighted by Gasteiger charge is 2.25. The standard InChI is InChI=1S/C23H27N3O3/c1-16-12-19(14-22(27)25(16)3)29-18-8-10-26(11-9-18)23(28)13-17-15-24(2)21-7-5-4-6-20(17)21/h4-7,12,14-15,18H,8-11,13H2,1-3H3. The second-order valence-electron chi connectivity index (χ2n) is 7.89. The molecule has 0 aliphatic carbocycles. The largest absolute Gasteiger partial charge is 0.490 e. The Kier molecular flexibility index (Phi) is 5.18. The molecular weight excluding hydrogens is 366 g/mol. The molecule has 3 heterocycles. The minimum atomic E-state index is -0.0669. The van der Waals surface area contributed by atoms with Crippen LogP contribution in [0.2, 0.25) is 0 Å². The van der Waals surface area contributed by atoms with Crippen molar-refractivity contribution in [1.29, 1.82) is 0 Å². The van der Waals surface area contributed by atoms with Crippen LogP contribution in [0.15, 0.2) is 47.4 Å². The molecule has 2 aromatic heterocycles. The molecule has 3 aromatic rings. The first-order valence-corrected chi connectivity index (χ1v) is 10.1. The monoisotopic (exact) mass is 393 g/mol. The highest BCUT2D eigenvalue weighted by atomic mass is 16.5. The van der Waals surface area contributed by atoms with Crippen molar-refractivity contribution in [3.63, 3.8) is 0 Å². The third-order valence-electron chi connectivity index (χ3n) is 5.90. The van der Waals surface area contributed by atoms with Gasteiger partial charge in [0.1, 0.15) is 11.9 Å². The number of benzene rings is 1. The molecule has 0 atom stereocenters. The van der Waals surface area contributed by atoms with Crippen LogP contribution in [-0.2, 0) is 25.3 Å². The molecular formula is C23H27N3O3. The molecule has 4 rings (SSSR count). The summed E-state index contributed by atoms with van der Waals surface area (Å²) in [5, 5.41) is 1.14. The van der Waals surface area contributed by atoms with E-state index in [1.165, 1.54) is 6.07 Å². The molecule has 0 N–H and O–H groups in total. The van der Waals surface area contributed by atoms with Crippen molar-refractivity contribution >= 4 is 16.8 Å². The summed E-state index contributed by atoms with van der Waals surface area (Å²) in [4.78, 5) is 26.7. The van der Waals surface area contributed by atoms with E-state index in [1.54, 1.807) is 11.6 Å². The Morgan fingerprint density at radius 1 is 1.14 bits per heavy atom. The van der Waals surface area contributed by atoms with Crippen LogP contribution in [0, 0.1) is 6.92 Å². The maximum atomic E-state index is 12.8. The molecule has 1 fully saturated rings. The predicted octanol–water partition coefficient (Wildman–Crippen LogP) is 2.80. The zero-order valence-electron chi connectivity index (χ0n) is 17.2. The number of amides is 1. The molecule has 6 nitrogen and oxygen atoms in total. The summed E-state index contributed by atoms with van der Waals surface area (Å²) in [6.45, 7) is 3.25. The average Bonchev–Trinajstić information content (AvgIpc) is 3.02. The highest BCUT2D eigenvalue weighted by molar-refractivity contribution is 5.89. The van der Waals surface area contributed by atoms with Crippen molar-refractivity contribution in [3.05, 3.63) is 64.2 Å². The number of carbonyl (C=O) groups is 1. The van der Waals surface area contributed by atoms with E-state index in [0.29, 0.717) is 25.3 Å². The second-order valence-corrected chi connectivity index (χ2v) is 7.89. The van der Waals surface area contributed by atoms with Crippen molar-refractivity contribution in [3.8, 4) is 5.75 Å². The van der Waals surface area contributed by atoms with E-state index >= 15 is 0 Å². The topological polar surface area (TPSA) is 56.5 Å². The van der Waals surface area contributed by atoms with E-state index < -0.39 is 0 Å². The van der Waals surface area contributed by atoms with Crippen molar-refractivity contribution in [2.75, 3.05) is 13.1 Å². The maximum absolute atomic E-state index is 12.8. The lowest BCUT2D eigenvalue weighted by Gasteiger charge is -2.32. The number of pyridine rings is 1. The fourth-order valence-electron chi connectivity index (χ4n) is 4.06. The molecule has 1 saturated heterocycles. The lowest BCUT2D eigenvalue weighted by atomic mass is 10.1. The number of rotatable bonds is 4. The zero-order chi connectivity index (χ0) is 20.5. The van der Waals surface area contributed by atoms with E-state index in [2.05, 4.69) is 22.9 Å². The molecule has 1 aromatic carbocycles. The van der Waals surface area contributed by atoms with E-state index in [1.807, 2.05) is 37.1 Å². The third-order valence-corrected chi connectivity index (χ3v) is 5.90. The van der Waals surface area contributed by atoms with Gasteiger partial charge in [0.15, 0.2) is 0 Å². The fourth-order valence-corrected chi connectivity index (χ4v) is 4.06. The van der Waals surface area contributed by atoms with Gasteiger partial charge >= 0.3 is 0 Å². The Balaban J connectivity index is 1.37. The smallest absolute Gasteiger partial charge is 0.254 e. The summed E-state index contributed by atoms with van der Waals surface area (Å²) in [5.41, 5.74) is 3.02. The number of nitrogens with zero attached hydrogens (tertiary/aromatic N) is 3. The Hall–Kier alpha value is -3.02. The predicted molar refractivity (Wildman–Crippen MR) is 113 cm³/mol. The van der Waals surface area contributed by atoms with Crippen molar-refractivity contribution in [2.24, 2.45) is 14.1 Å². The molecule has 1 amide bonds. The van der Waals surface area contributed by atoms with Crippen molar-refractivity contribution in [2.45, 2.75) is 32.3 Å². The molecule has 0 saturated carbocycles. The second kappa shape index (κ2) is 7.78. The van der Waals surface area contributed by atoms with Gasteiger partial charge < -0.3 is 18.8 Å². The summed E-state index contributed by atoms with van der Waals surface area (Å²) in [6, 6.07) is 11.6. The molecule has 29 heavy (non-hydrogen) atoms. The van der Waals surface area contributed by atoms with E-state index in [4.69, 9.17) is 4.74 Å². The summed E-state index contributed by atoms with van der Waals surface area (Å²) in [7, 11) is 3.76. The van der Waals surface area contributed by atoms with Gasteiger partial charge in [-0.15, -0.1) is 0 Å². The van der Waals surface area contributed by atoms with Gasteiger partial charge in [0.25, 0.3) is 5.56 Å². The van der Waals surface area contributed by atoms with Crippen molar-refractivity contribution in [1.82, 2.24) is 14.0 Å². The molecule has 0 unspecified atom stereocenters. The Bertz CT molecular complexity index is 1100. The number of piperidine rings is 1. The van der Waals surface area contributed by atoms with Crippen LogP contribution in [0.25, 0.3) is 10.9 Å². The van der Waals surface area contributed by atoms with Crippen molar-refractivity contribution < 1.29 is 9.53 Å². The van der Waals surface area contributed by atoms with E-state index in [0.717, 1.165) is 35.0 Å². The number of ether oxygens (including phenoxy) is 1. The lowest BCUT2D eigenvalue weighted by Crippen LogP contribution is -2.42. The average molecular weight is 393 g/mol. The molecule has 1 aliphatic rings. The van der Waals surface area contributed by atoms with Gasteiger partial charge in [-0.25, -0.2) is 0 Å². The highest BCUT2D eigenvalue weighted by Crippen LogP contribution is 2.23. The number of fused-ring (bicyclic) bond motifs is 1. The summed E-state index contributed by atoms with van der Waals surface area (Å²) in [6.07, 6.45) is 4.05. The summed E-state index contributed by atoms with van der Waals surface area (Å²) >= 11 is 0. The SMILES string of the molecule is Cc1cc(OC2CCN(C(=O)Cc3cn(C)c4ccccc34)CC2)cc(=O)n1C. The number of likely N-dealkylation sites (tertiary alicyclic amines) is 1. The number of hydrogen-bond donors (Lipinski definition) is 0. The first-order valence-electron chi connectivity index (χ1n) is 10.1. The minimum Gasteiger partial charge on any atom is -0.490 e. The van der Waals surface area contributed by atoms with Crippen LogP contribution in [0.1, 0.15) is 24.1 Å². The zero-order valence-corrected chi connectivity index (χ0v) is 17.2. The quantitative estimate of drug-likeness (QED) is 0.685. The van der Waals surface area contributed by atoms with E-state index in [9.17, 15) is 9.59 Å². The van der Waals surface area contributed by atoms with Gasteiger partial charge in [-0.05, 0) is 24.6 Å². The summed E-state index contributed by atoms with van der Waals surface area (Å²) < 4.78 is 9.70. The van der Waals surface area contributed by atoms with Gasteiger partial charge in [0, 0.05) is 68.9 Å². The van der Waals surface area contributed by atoms with Crippen LogP contribution in [0.3, 0.4) is 0 Å². The first-order chi connectivity index (χ1) is 13.9. The minimum absolute atomic E-state index is 0.0307. The molecule has 152 valence electrons. The molecule has 0 radical (unpaired) electrons. The van der Waals surface area contributed by atoms with Crippen LogP contribution >= 0.6 is 0 Å². The van der Waals surface area contributed by atoms with Crippen LogP contribution in [-0.4, -0.2) is 39.1 Å². The van der Waals surface area contributed by atoms with Crippen LogP contribution < -0.4 is 10.3 Å². The maximum Gasteiger partial charge on any atom is 0.254 e. The van der Waals surface area contributed by atoms with Gasteiger partial charge in [-0.1, -0.05) is 18.2 Å². The van der Waals surface area contributed by atoms with E-state index in [-0.39, 0.29) is 17.6 Å². The number of aromatic nitrogens is 2. The molecule has 1 aliphatic heterocycles. The Labute approximate surface area is 170 Å². The first kappa shape index (κ1) is 19.3. The molecule has 0 bridgehead atoms. The van der Waals surface area contributed by atoms with Crippen LogP contribution in [0.5, 0.6) is 5.75 Å². The number of aryl methyl sites for hydroxylation is 2. The third kappa shape index (κ3) is 3.92. The Morgan fingerprint density at radius 3 is 2.59 bits per heavy atom. The van der Waals surface area contributed by atoms with Gasteiger partial charge in [-0.2, -0.15) is 0 Å². The lowest BCUT2D eigenvalue weighted by molar-refractivity contribution is -0.132. The normalized spacial score (nSPS) is 15.1. The fraction of sp³-hybridized carbons (Fsp3) is 0.391. The number of para-hydroxylation sites is 1. The van der Waals surface area contributed by atoms with Crippen LogP contribution in [0.4, 0.5) is 0 Å². The van der Waals surface area contributed by atoms with Gasteiger partial charge in [0.05, 0.1) is 6.42 Å². The molecule has 6 heteroatoms. The summed E-state index contributed by atoms with van der Waals surface area (Å²) in [5.74, 6) is 0.773.